The van der Waals surface area contributed by atoms with Crippen molar-refractivity contribution in [2.45, 2.75) is 20.3 Å². The van der Waals surface area contributed by atoms with E-state index in [0.29, 0.717) is 24.3 Å². The van der Waals surface area contributed by atoms with Gasteiger partial charge in [-0.2, -0.15) is 0 Å². The number of halogens is 1. The molecule has 0 heterocycles. The highest BCUT2D eigenvalue weighted by atomic mass is 35.5. The summed E-state index contributed by atoms with van der Waals surface area (Å²) in [5.41, 5.74) is 0. The molecule has 0 N–H and O–H groups in total. The smallest absolute Gasteiger partial charge is 0.212 e. The second-order valence-corrected chi connectivity index (χ2v) is 7.22. The molecule has 3 nitrogen and oxygen atoms in total. The third-order valence-electron chi connectivity index (χ3n) is 3.00. The minimum absolute atomic E-state index is 0.0238. The number of hydrogen-bond donors (Lipinski definition) is 0. The van der Waals surface area contributed by atoms with E-state index in [1.807, 2.05) is 6.92 Å². The van der Waals surface area contributed by atoms with Gasteiger partial charge in [0, 0.05) is 19.5 Å². The van der Waals surface area contributed by atoms with Crippen LogP contribution in [-0.4, -0.2) is 37.9 Å². The fraction of sp³-hybridized carbons (Fsp3) is 1.00. The minimum atomic E-state index is -3.10. The molecule has 1 fully saturated rings. The van der Waals surface area contributed by atoms with Crippen molar-refractivity contribution < 1.29 is 8.42 Å². The Morgan fingerprint density at radius 1 is 1.53 bits per heavy atom. The molecule has 0 spiro atoms. The first-order valence-electron chi connectivity index (χ1n) is 5.36. The van der Waals surface area contributed by atoms with Crippen molar-refractivity contribution in [3.63, 3.8) is 0 Å². The Balaban J connectivity index is 2.45. The molecule has 1 aliphatic rings. The van der Waals surface area contributed by atoms with E-state index in [0.717, 1.165) is 6.42 Å². The Labute approximate surface area is 97.8 Å². The second-order valence-electron chi connectivity index (χ2n) is 4.79. The molecule has 15 heavy (non-hydrogen) atoms. The molecule has 0 aromatic heterocycles. The van der Waals surface area contributed by atoms with Crippen LogP contribution >= 0.6 is 11.6 Å². The van der Waals surface area contributed by atoms with Crippen LogP contribution < -0.4 is 0 Å². The van der Waals surface area contributed by atoms with Crippen molar-refractivity contribution in [3.8, 4) is 0 Å². The number of rotatable bonds is 6. The lowest BCUT2D eigenvalue weighted by atomic mass is 10.3. The van der Waals surface area contributed by atoms with Crippen LogP contribution in [-0.2, 0) is 10.0 Å². The van der Waals surface area contributed by atoms with Gasteiger partial charge in [-0.15, -0.1) is 11.6 Å². The summed E-state index contributed by atoms with van der Waals surface area (Å²) in [7, 11) is -1.43. The molecule has 0 bridgehead atoms. The first-order chi connectivity index (χ1) is 6.86. The summed E-state index contributed by atoms with van der Waals surface area (Å²) in [6.45, 7) is 4.68. The van der Waals surface area contributed by atoms with Crippen LogP contribution in [0.25, 0.3) is 0 Å². The maximum absolute atomic E-state index is 11.8. The van der Waals surface area contributed by atoms with Crippen LogP contribution in [0.3, 0.4) is 0 Å². The van der Waals surface area contributed by atoms with Crippen LogP contribution in [0.15, 0.2) is 0 Å². The van der Waals surface area contributed by atoms with Crippen molar-refractivity contribution >= 4 is 21.6 Å². The zero-order valence-electron chi connectivity index (χ0n) is 9.61. The highest BCUT2D eigenvalue weighted by molar-refractivity contribution is 7.89. The lowest BCUT2D eigenvalue weighted by Gasteiger charge is -2.18. The molecule has 5 heteroatoms. The van der Waals surface area contributed by atoms with Crippen molar-refractivity contribution in [3.05, 3.63) is 0 Å². The maximum Gasteiger partial charge on any atom is 0.214 e. The van der Waals surface area contributed by atoms with Crippen molar-refractivity contribution in [2.75, 3.05) is 25.2 Å². The first-order valence-corrected chi connectivity index (χ1v) is 7.51. The fourth-order valence-corrected chi connectivity index (χ4v) is 3.38. The molecule has 1 aliphatic carbocycles. The van der Waals surface area contributed by atoms with Gasteiger partial charge < -0.3 is 0 Å². The molecule has 0 amide bonds. The average molecular weight is 254 g/mol. The third kappa shape index (κ3) is 3.93. The first kappa shape index (κ1) is 13.3. The highest BCUT2D eigenvalue weighted by Crippen LogP contribution is 2.38. The fourth-order valence-electron chi connectivity index (χ4n) is 1.63. The number of nitrogens with zero attached hydrogens (tertiary/aromatic N) is 1. The van der Waals surface area contributed by atoms with E-state index < -0.39 is 10.0 Å². The summed E-state index contributed by atoms with van der Waals surface area (Å²) < 4.78 is 25.2. The molecule has 1 rings (SSSR count). The summed E-state index contributed by atoms with van der Waals surface area (Å²) >= 11 is 5.62. The zero-order valence-corrected chi connectivity index (χ0v) is 11.2. The Morgan fingerprint density at radius 2 is 2.07 bits per heavy atom. The molecule has 90 valence electrons. The molecule has 0 radical (unpaired) electrons. The van der Waals surface area contributed by atoms with E-state index in [1.165, 1.54) is 4.31 Å². The van der Waals surface area contributed by atoms with Crippen molar-refractivity contribution in [1.82, 2.24) is 4.31 Å². The Kier molecular flexibility index (Phi) is 4.44. The lowest BCUT2D eigenvalue weighted by molar-refractivity contribution is 0.440. The monoisotopic (exact) mass is 253 g/mol. The van der Waals surface area contributed by atoms with Gasteiger partial charge in [0.1, 0.15) is 0 Å². The molecular formula is C10H20ClNO2S. The van der Waals surface area contributed by atoms with E-state index >= 15 is 0 Å². The predicted molar refractivity (Wildman–Crippen MR) is 63.6 cm³/mol. The summed E-state index contributed by atoms with van der Waals surface area (Å²) in [6, 6.07) is 0. The van der Waals surface area contributed by atoms with Gasteiger partial charge in [-0.1, -0.05) is 13.8 Å². The third-order valence-corrected chi connectivity index (χ3v) is 5.62. The van der Waals surface area contributed by atoms with E-state index in [9.17, 15) is 8.42 Å². The largest absolute Gasteiger partial charge is 0.214 e. The minimum Gasteiger partial charge on any atom is -0.212 e. The second kappa shape index (κ2) is 5.02. The molecule has 1 saturated carbocycles. The van der Waals surface area contributed by atoms with E-state index in [4.69, 9.17) is 11.6 Å². The van der Waals surface area contributed by atoms with Crippen molar-refractivity contribution in [2.24, 2.45) is 17.8 Å². The zero-order chi connectivity index (χ0) is 11.6. The van der Waals surface area contributed by atoms with E-state index in [-0.39, 0.29) is 11.7 Å². The predicted octanol–water partition coefficient (Wildman–Crippen LogP) is 1.78. The van der Waals surface area contributed by atoms with Gasteiger partial charge in [0.2, 0.25) is 10.0 Å². The van der Waals surface area contributed by atoms with Crippen LogP contribution in [0.4, 0.5) is 0 Å². The number of hydrogen-bond acceptors (Lipinski definition) is 2. The van der Waals surface area contributed by atoms with Gasteiger partial charge >= 0.3 is 0 Å². The van der Waals surface area contributed by atoms with Gasteiger partial charge in [-0.3, -0.25) is 0 Å². The number of alkyl halides is 1. The Bertz CT molecular complexity index is 305. The summed E-state index contributed by atoms with van der Waals surface area (Å²) in [4.78, 5) is 0. The summed E-state index contributed by atoms with van der Waals surface area (Å²) in [6.07, 6.45) is 1.16. The number of sulfonamides is 1. The highest BCUT2D eigenvalue weighted by Gasteiger charge is 2.35. The normalized spacial score (nSPS) is 28.1. The average Bonchev–Trinajstić information content (AvgIpc) is 2.80. The van der Waals surface area contributed by atoms with Crippen LogP contribution in [0.2, 0.25) is 0 Å². The molecule has 0 aliphatic heterocycles. The van der Waals surface area contributed by atoms with Gasteiger partial charge in [0.25, 0.3) is 0 Å². The maximum atomic E-state index is 11.8. The summed E-state index contributed by atoms with van der Waals surface area (Å²) in [5, 5.41) is 0. The molecule has 0 saturated heterocycles. The lowest BCUT2D eigenvalue weighted by Crippen LogP contribution is -2.33. The van der Waals surface area contributed by atoms with Crippen LogP contribution in [0.1, 0.15) is 20.3 Å². The van der Waals surface area contributed by atoms with Gasteiger partial charge in [-0.05, 0) is 24.2 Å². The topological polar surface area (TPSA) is 37.4 Å². The standard InChI is InChI=1S/C10H20ClNO2S/c1-8(5-11)7-15(13,14)12(3)6-10-4-9(10)2/h8-10H,4-7H2,1-3H3. The van der Waals surface area contributed by atoms with E-state index in [2.05, 4.69) is 6.92 Å². The van der Waals surface area contributed by atoms with Crippen LogP contribution in [0.5, 0.6) is 0 Å². The molecule has 3 atom stereocenters. The SMILES string of the molecule is CC(CCl)CS(=O)(=O)N(C)CC1CC1C. The molecule has 0 aromatic rings. The van der Waals surface area contributed by atoms with E-state index in [1.54, 1.807) is 7.05 Å². The van der Waals surface area contributed by atoms with Gasteiger partial charge in [-0.25, -0.2) is 12.7 Å². The Hall–Kier alpha value is 0.200. The van der Waals surface area contributed by atoms with Crippen LogP contribution in [0, 0.1) is 17.8 Å². The quantitative estimate of drug-likeness (QED) is 0.677. The molecular weight excluding hydrogens is 234 g/mol. The van der Waals surface area contributed by atoms with Gasteiger partial charge in [0.05, 0.1) is 5.75 Å². The molecule has 0 aromatic carbocycles. The summed E-state index contributed by atoms with van der Waals surface area (Å²) in [5.74, 6) is 1.83. The Morgan fingerprint density at radius 3 is 2.47 bits per heavy atom. The van der Waals surface area contributed by atoms with Crippen molar-refractivity contribution in [1.29, 1.82) is 0 Å². The molecule has 3 unspecified atom stereocenters. The van der Waals surface area contributed by atoms with Gasteiger partial charge in [0.15, 0.2) is 0 Å².